The molecule has 0 bridgehead atoms. The van der Waals surface area contributed by atoms with Gasteiger partial charge in [-0.15, -0.1) is 0 Å². The number of piperidine rings is 1. The summed E-state index contributed by atoms with van der Waals surface area (Å²) in [5.41, 5.74) is 0.285. The van der Waals surface area contributed by atoms with Crippen LogP contribution in [0.25, 0.3) is 0 Å². The first-order valence-corrected chi connectivity index (χ1v) is 8.53. The number of likely N-dealkylation sites (tertiary alicyclic amines) is 1. The predicted molar refractivity (Wildman–Crippen MR) is 91.6 cm³/mol. The molecule has 2 rings (SSSR count). The zero-order valence-electron chi connectivity index (χ0n) is 15.3. The lowest BCUT2D eigenvalue weighted by Gasteiger charge is -2.40. The molecule has 5 nitrogen and oxygen atoms in total. The lowest BCUT2D eigenvalue weighted by molar-refractivity contribution is -0.150. The van der Waals surface area contributed by atoms with E-state index in [1.165, 1.54) is 24.1 Å². The molecular formula is C19H26FNO4. The second-order valence-electron chi connectivity index (χ2n) is 7.37. The molecule has 1 heterocycles. The molecule has 1 aliphatic heterocycles. The summed E-state index contributed by atoms with van der Waals surface area (Å²) in [4.78, 5) is 26.4. The van der Waals surface area contributed by atoms with Gasteiger partial charge < -0.3 is 9.47 Å². The number of hydrogen-bond acceptors (Lipinski definition) is 4. The van der Waals surface area contributed by atoms with E-state index in [0.717, 1.165) is 18.4 Å². The van der Waals surface area contributed by atoms with Crippen LogP contribution in [0.3, 0.4) is 0 Å². The highest BCUT2D eigenvalue weighted by molar-refractivity contribution is 5.82. The van der Waals surface area contributed by atoms with Crippen LogP contribution in [0, 0.1) is 11.7 Å². The molecule has 0 radical (unpaired) electrons. The van der Waals surface area contributed by atoms with Crippen molar-refractivity contribution < 1.29 is 23.5 Å². The summed E-state index contributed by atoms with van der Waals surface area (Å²) in [7, 11) is 1.32. The highest BCUT2D eigenvalue weighted by atomic mass is 19.1. The molecular weight excluding hydrogens is 325 g/mol. The molecule has 0 saturated carbocycles. The number of amides is 1. The number of hydrogen-bond donors (Lipinski definition) is 0. The van der Waals surface area contributed by atoms with Crippen molar-refractivity contribution in [3.63, 3.8) is 0 Å². The largest absolute Gasteiger partial charge is 0.467 e. The third-order valence-electron chi connectivity index (χ3n) is 4.24. The van der Waals surface area contributed by atoms with Gasteiger partial charge in [-0.25, -0.2) is 14.0 Å². The van der Waals surface area contributed by atoms with Crippen LogP contribution in [0.2, 0.25) is 0 Å². The lowest BCUT2D eigenvalue weighted by Crippen LogP contribution is -2.54. The molecule has 1 aromatic carbocycles. The minimum Gasteiger partial charge on any atom is -0.467 e. The van der Waals surface area contributed by atoms with E-state index >= 15 is 0 Å². The molecule has 1 fully saturated rings. The summed E-state index contributed by atoms with van der Waals surface area (Å²) >= 11 is 0. The fourth-order valence-electron chi connectivity index (χ4n) is 3.18. The Morgan fingerprint density at radius 1 is 1.24 bits per heavy atom. The Kier molecular flexibility index (Phi) is 6.03. The first-order valence-electron chi connectivity index (χ1n) is 8.53. The molecule has 0 spiro atoms. The van der Waals surface area contributed by atoms with Crippen molar-refractivity contribution in [2.45, 2.75) is 51.7 Å². The normalized spacial score (nSPS) is 20.9. The van der Waals surface area contributed by atoms with Crippen LogP contribution in [0.15, 0.2) is 24.3 Å². The van der Waals surface area contributed by atoms with Crippen molar-refractivity contribution in [2.75, 3.05) is 13.7 Å². The van der Waals surface area contributed by atoms with Crippen LogP contribution >= 0.6 is 0 Å². The van der Waals surface area contributed by atoms with E-state index in [1.807, 2.05) is 0 Å². The van der Waals surface area contributed by atoms with Gasteiger partial charge in [0.05, 0.1) is 7.11 Å². The predicted octanol–water partition coefficient (Wildman–Crippen LogP) is 3.56. The SMILES string of the molecule is COC(=O)[C@H]1[C@@H](Cc2ccc(F)cc2)CCCN1C(=O)OC(C)(C)C. The Bertz CT molecular complexity index is 609. The smallest absolute Gasteiger partial charge is 0.411 e. The molecule has 1 aliphatic rings. The highest BCUT2D eigenvalue weighted by Crippen LogP contribution is 2.29. The summed E-state index contributed by atoms with van der Waals surface area (Å²) in [6, 6.07) is 5.51. The van der Waals surface area contributed by atoms with Crippen molar-refractivity contribution in [2.24, 2.45) is 5.92 Å². The number of carbonyl (C=O) groups is 2. The monoisotopic (exact) mass is 351 g/mol. The third-order valence-corrected chi connectivity index (χ3v) is 4.24. The summed E-state index contributed by atoms with van der Waals surface area (Å²) in [5.74, 6) is -0.843. The van der Waals surface area contributed by atoms with Crippen molar-refractivity contribution in [3.8, 4) is 0 Å². The zero-order valence-corrected chi connectivity index (χ0v) is 15.3. The lowest BCUT2D eigenvalue weighted by atomic mass is 9.84. The summed E-state index contributed by atoms with van der Waals surface area (Å²) in [6.45, 7) is 5.82. The van der Waals surface area contributed by atoms with Gasteiger partial charge in [0.25, 0.3) is 0 Å². The first-order chi connectivity index (χ1) is 11.7. The molecule has 6 heteroatoms. The van der Waals surface area contributed by atoms with E-state index in [4.69, 9.17) is 9.47 Å². The number of rotatable bonds is 3. The molecule has 1 aromatic rings. The van der Waals surface area contributed by atoms with E-state index in [9.17, 15) is 14.0 Å². The van der Waals surface area contributed by atoms with Gasteiger partial charge in [-0.2, -0.15) is 0 Å². The van der Waals surface area contributed by atoms with Gasteiger partial charge in [-0.05, 0) is 63.6 Å². The summed E-state index contributed by atoms with van der Waals surface area (Å²) in [6.07, 6.45) is 1.63. The number of methoxy groups -OCH3 is 1. The number of nitrogens with zero attached hydrogens (tertiary/aromatic N) is 1. The standard InChI is InChI=1S/C19H26FNO4/c1-19(2,3)25-18(23)21-11-5-6-14(16(21)17(22)24-4)12-13-7-9-15(20)10-8-13/h7-10,14,16H,5-6,11-12H2,1-4H3/t14-,16-/m1/s1. The molecule has 0 aromatic heterocycles. The van der Waals surface area contributed by atoms with E-state index in [1.54, 1.807) is 32.9 Å². The third kappa shape index (κ3) is 5.18. The summed E-state index contributed by atoms with van der Waals surface area (Å²) in [5, 5.41) is 0. The molecule has 1 saturated heterocycles. The van der Waals surface area contributed by atoms with Crippen LogP contribution in [-0.2, 0) is 20.7 Å². The van der Waals surface area contributed by atoms with Gasteiger partial charge in [-0.1, -0.05) is 12.1 Å². The first kappa shape index (κ1) is 19.2. The number of carbonyl (C=O) groups excluding carboxylic acids is 2. The van der Waals surface area contributed by atoms with Crippen molar-refractivity contribution in [1.82, 2.24) is 4.90 Å². The Balaban J connectivity index is 2.21. The highest BCUT2D eigenvalue weighted by Gasteiger charge is 2.41. The molecule has 0 unspecified atom stereocenters. The van der Waals surface area contributed by atoms with Gasteiger partial charge in [0.1, 0.15) is 17.5 Å². The van der Waals surface area contributed by atoms with Crippen LogP contribution in [0.5, 0.6) is 0 Å². The van der Waals surface area contributed by atoms with Gasteiger partial charge in [0.15, 0.2) is 0 Å². The number of esters is 1. The van der Waals surface area contributed by atoms with E-state index < -0.39 is 23.7 Å². The Labute approximate surface area is 148 Å². The van der Waals surface area contributed by atoms with Gasteiger partial charge in [0, 0.05) is 6.54 Å². The maximum Gasteiger partial charge on any atom is 0.411 e. The number of ether oxygens (including phenoxy) is 2. The van der Waals surface area contributed by atoms with Crippen LogP contribution in [0.4, 0.5) is 9.18 Å². The molecule has 0 aliphatic carbocycles. The maximum absolute atomic E-state index is 13.1. The minimum atomic E-state index is -0.696. The van der Waals surface area contributed by atoms with Crippen molar-refractivity contribution in [3.05, 3.63) is 35.6 Å². The van der Waals surface area contributed by atoms with Crippen molar-refractivity contribution >= 4 is 12.1 Å². The van der Waals surface area contributed by atoms with E-state index in [-0.39, 0.29) is 11.7 Å². The van der Waals surface area contributed by atoms with Gasteiger partial charge in [0.2, 0.25) is 0 Å². The van der Waals surface area contributed by atoms with Gasteiger partial charge in [-0.3, -0.25) is 4.90 Å². The maximum atomic E-state index is 13.1. The van der Waals surface area contributed by atoms with Gasteiger partial charge >= 0.3 is 12.1 Å². The molecule has 25 heavy (non-hydrogen) atoms. The minimum absolute atomic E-state index is 0.0980. The second kappa shape index (κ2) is 7.85. The molecule has 138 valence electrons. The second-order valence-corrected chi connectivity index (χ2v) is 7.37. The zero-order chi connectivity index (χ0) is 18.6. The van der Waals surface area contributed by atoms with E-state index in [2.05, 4.69) is 0 Å². The molecule has 1 amide bonds. The summed E-state index contributed by atoms with van der Waals surface area (Å²) < 4.78 is 23.5. The van der Waals surface area contributed by atoms with Crippen LogP contribution < -0.4 is 0 Å². The Hall–Kier alpha value is -2.11. The molecule has 2 atom stereocenters. The van der Waals surface area contributed by atoms with E-state index in [0.29, 0.717) is 13.0 Å². The molecule has 0 N–H and O–H groups in total. The fourth-order valence-corrected chi connectivity index (χ4v) is 3.18. The average molecular weight is 351 g/mol. The topological polar surface area (TPSA) is 55.8 Å². The number of benzene rings is 1. The quantitative estimate of drug-likeness (QED) is 0.782. The Morgan fingerprint density at radius 2 is 1.88 bits per heavy atom. The fraction of sp³-hybridized carbons (Fsp3) is 0.579. The number of halogens is 1. The van der Waals surface area contributed by atoms with Crippen LogP contribution in [0.1, 0.15) is 39.2 Å². The average Bonchev–Trinajstić information content (AvgIpc) is 2.54. The van der Waals surface area contributed by atoms with Crippen LogP contribution in [-0.4, -0.2) is 42.3 Å². The Morgan fingerprint density at radius 3 is 2.44 bits per heavy atom. The van der Waals surface area contributed by atoms with Crippen molar-refractivity contribution in [1.29, 1.82) is 0 Å².